The van der Waals surface area contributed by atoms with E-state index in [2.05, 4.69) is 61.1 Å². The summed E-state index contributed by atoms with van der Waals surface area (Å²) in [5, 5.41) is 11.5. The number of likely N-dealkylation sites (N-methyl/N-ethyl adjacent to an activating group) is 1. The summed E-state index contributed by atoms with van der Waals surface area (Å²) in [6.45, 7) is 1.93. The fourth-order valence-corrected chi connectivity index (χ4v) is 4.87. The minimum absolute atomic E-state index is 0.0229. The molecule has 0 amide bonds. The van der Waals surface area contributed by atoms with Crippen molar-refractivity contribution >= 4 is 11.2 Å². The lowest BCUT2D eigenvalue weighted by Gasteiger charge is -2.44. The highest BCUT2D eigenvalue weighted by Crippen LogP contribution is 2.45. The third kappa shape index (κ3) is 3.09. The van der Waals surface area contributed by atoms with Crippen LogP contribution in [0.4, 0.5) is 0 Å². The van der Waals surface area contributed by atoms with E-state index in [0.29, 0.717) is 5.65 Å². The van der Waals surface area contributed by atoms with Crippen LogP contribution in [0.5, 0.6) is 0 Å². The van der Waals surface area contributed by atoms with E-state index < -0.39 is 0 Å². The summed E-state index contributed by atoms with van der Waals surface area (Å²) in [4.78, 5) is 16.6. The van der Waals surface area contributed by atoms with Gasteiger partial charge in [0.25, 0.3) is 0 Å². The number of H-pyrrole nitrogens is 1. The Bertz CT molecular complexity index is 1150. The van der Waals surface area contributed by atoms with Crippen molar-refractivity contribution in [2.75, 3.05) is 20.1 Å². The van der Waals surface area contributed by atoms with Crippen LogP contribution in [-0.2, 0) is 12.5 Å². The molecule has 8 nitrogen and oxygen atoms in total. The van der Waals surface area contributed by atoms with Gasteiger partial charge in [0, 0.05) is 24.2 Å². The van der Waals surface area contributed by atoms with Crippen molar-refractivity contribution in [1.29, 1.82) is 0 Å². The molecule has 0 bridgehead atoms. The average molecular weight is 403 g/mol. The van der Waals surface area contributed by atoms with Crippen molar-refractivity contribution in [2.24, 2.45) is 7.05 Å². The number of imidazole rings is 1. The Hall–Kier alpha value is -3.10. The predicted molar refractivity (Wildman–Crippen MR) is 116 cm³/mol. The second-order valence-corrected chi connectivity index (χ2v) is 7.97. The van der Waals surface area contributed by atoms with Gasteiger partial charge < -0.3 is 15.6 Å². The lowest BCUT2D eigenvalue weighted by atomic mass is 9.66. The molecule has 1 unspecified atom stereocenters. The summed E-state index contributed by atoms with van der Waals surface area (Å²) < 4.78 is 1.84. The Morgan fingerprint density at radius 2 is 2.00 bits per heavy atom. The predicted octanol–water partition coefficient (Wildman–Crippen LogP) is 2.34. The minimum Gasteiger partial charge on any atom is -0.342 e. The molecule has 0 aliphatic carbocycles. The van der Waals surface area contributed by atoms with Gasteiger partial charge in [0.15, 0.2) is 5.65 Å². The zero-order valence-corrected chi connectivity index (χ0v) is 17.3. The summed E-state index contributed by atoms with van der Waals surface area (Å²) in [7, 11) is 3.97. The monoisotopic (exact) mass is 402 g/mol. The first-order valence-electron chi connectivity index (χ1n) is 10.3. The van der Waals surface area contributed by atoms with Gasteiger partial charge >= 0.3 is 0 Å². The van der Waals surface area contributed by atoms with E-state index in [4.69, 9.17) is 4.98 Å². The Kier molecular flexibility index (Phi) is 4.80. The molecule has 1 aliphatic rings. The van der Waals surface area contributed by atoms with E-state index in [1.807, 2.05) is 25.0 Å². The first-order valence-corrected chi connectivity index (χ1v) is 10.3. The Labute approximate surface area is 175 Å². The quantitative estimate of drug-likeness (QED) is 0.474. The zero-order valence-electron chi connectivity index (χ0n) is 17.3. The maximum Gasteiger partial charge on any atom is 0.180 e. The van der Waals surface area contributed by atoms with Crippen molar-refractivity contribution in [1.82, 2.24) is 40.3 Å². The summed E-state index contributed by atoms with van der Waals surface area (Å²) in [6, 6.07) is 8.90. The molecule has 1 aliphatic heterocycles. The Morgan fingerprint density at radius 1 is 1.13 bits per heavy atom. The van der Waals surface area contributed by atoms with Gasteiger partial charge in [-0.1, -0.05) is 24.3 Å². The van der Waals surface area contributed by atoms with Crippen LogP contribution in [0.2, 0.25) is 0 Å². The van der Waals surface area contributed by atoms with Gasteiger partial charge in [0.1, 0.15) is 11.8 Å². The number of aromatic nitrogens is 6. The van der Waals surface area contributed by atoms with Crippen LogP contribution in [-0.4, -0.2) is 49.9 Å². The molecule has 8 heteroatoms. The van der Waals surface area contributed by atoms with Gasteiger partial charge in [-0.3, -0.25) is 4.68 Å². The van der Waals surface area contributed by atoms with Crippen LogP contribution in [0, 0.1) is 0 Å². The number of aryl methyl sites for hydroxylation is 1. The molecule has 30 heavy (non-hydrogen) atoms. The number of hydrogen-bond donors (Lipinski definition) is 3. The number of rotatable bonds is 5. The molecule has 5 rings (SSSR count). The lowest BCUT2D eigenvalue weighted by molar-refractivity contribution is 0.230. The minimum atomic E-state index is -0.107. The van der Waals surface area contributed by atoms with Crippen LogP contribution in [0.1, 0.15) is 30.1 Å². The summed E-state index contributed by atoms with van der Waals surface area (Å²) in [6.07, 6.45) is 9.30. The maximum atomic E-state index is 4.70. The smallest absolute Gasteiger partial charge is 0.180 e. The van der Waals surface area contributed by atoms with Crippen LogP contribution in [0.15, 0.2) is 49.3 Å². The molecule has 154 valence electrons. The lowest BCUT2D eigenvalue weighted by Crippen LogP contribution is -2.48. The van der Waals surface area contributed by atoms with Gasteiger partial charge in [0.05, 0.1) is 24.3 Å². The molecular weight excluding hydrogens is 376 g/mol. The first-order chi connectivity index (χ1) is 14.7. The fraction of sp³-hybridized carbons (Fsp3) is 0.364. The third-order valence-corrected chi connectivity index (χ3v) is 6.34. The van der Waals surface area contributed by atoms with Crippen molar-refractivity contribution < 1.29 is 0 Å². The van der Waals surface area contributed by atoms with Crippen molar-refractivity contribution in [3.05, 3.63) is 60.6 Å². The van der Waals surface area contributed by atoms with Gasteiger partial charge in [-0.15, -0.1) is 0 Å². The van der Waals surface area contributed by atoms with Gasteiger partial charge in [0.2, 0.25) is 0 Å². The van der Waals surface area contributed by atoms with Crippen LogP contribution in [0.25, 0.3) is 22.3 Å². The normalized spacial score (nSPS) is 17.3. The molecule has 1 saturated heterocycles. The molecule has 0 radical (unpaired) electrons. The van der Waals surface area contributed by atoms with E-state index in [-0.39, 0.29) is 11.5 Å². The maximum absolute atomic E-state index is 4.70. The van der Waals surface area contributed by atoms with E-state index in [1.54, 1.807) is 12.7 Å². The molecule has 1 atom stereocenters. The van der Waals surface area contributed by atoms with Gasteiger partial charge in [-0.25, -0.2) is 15.0 Å². The number of nitrogens with one attached hydrogen (secondary N) is 3. The van der Waals surface area contributed by atoms with E-state index in [0.717, 1.165) is 42.7 Å². The molecule has 1 aromatic carbocycles. The number of piperidine rings is 1. The molecule has 0 saturated carbocycles. The highest BCUT2D eigenvalue weighted by atomic mass is 15.2. The van der Waals surface area contributed by atoms with E-state index >= 15 is 0 Å². The standard InChI is InChI=1S/C22H26N8/c1-23-20(18-19-21(27-13-25-18)28-14-26-19)22(6-8-24-9-7-22)17-5-3-4-15(10-17)16-11-29-30(2)12-16/h3-5,10-14,20,23-24H,6-9H2,1-2H3,(H,25,26,27,28). The topological polar surface area (TPSA) is 96.3 Å². The van der Waals surface area contributed by atoms with Crippen LogP contribution >= 0.6 is 0 Å². The third-order valence-electron chi connectivity index (χ3n) is 6.34. The molecule has 3 aromatic heterocycles. The number of benzene rings is 1. The number of aromatic amines is 1. The summed E-state index contributed by atoms with van der Waals surface area (Å²) in [5.41, 5.74) is 6.09. The van der Waals surface area contributed by atoms with Gasteiger partial charge in [-0.05, 0) is 44.1 Å². The Balaban J connectivity index is 1.65. The second kappa shape index (κ2) is 7.62. The number of nitrogens with zero attached hydrogens (tertiary/aromatic N) is 5. The molecule has 1 fully saturated rings. The van der Waals surface area contributed by atoms with E-state index in [9.17, 15) is 0 Å². The summed E-state index contributed by atoms with van der Waals surface area (Å²) in [5.74, 6) is 0. The van der Waals surface area contributed by atoms with E-state index in [1.165, 1.54) is 11.1 Å². The van der Waals surface area contributed by atoms with Crippen LogP contribution in [0.3, 0.4) is 0 Å². The number of fused-ring (bicyclic) bond motifs is 1. The second-order valence-electron chi connectivity index (χ2n) is 7.97. The van der Waals surface area contributed by atoms with Crippen molar-refractivity contribution in [2.45, 2.75) is 24.3 Å². The van der Waals surface area contributed by atoms with Gasteiger partial charge in [-0.2, -0.15) is 5.10 Å². The largest absolute Gasteiger partial charge is 0.342 e. The van der Waals surface area contributed by atoms with Crippen molar-refractivity contribution in [3.8, 4) is 11.1 Å². The molecule has 0 spiro atoms. The average Bonchev–Trinajstić information content (AvgIpc) is 3.44. The highest BCUT2D eigenvalue weighted by molar-refractivity contribution is 5.73. The van der Waals surface area contributed by atoms with Crippen LogP contribution < -0.4 is 10.6 Å². The molecular formula is C22H26N8. The number of hydrogen-bond acceptors (Lipinski definition) is 6. The zero-order chi connectivity index (χ0) is 20.6. The first kappa shape index (κ1) is 18.9. The highest BCUT2D eigenvalue weighted by Gasteiger charge is 2.43. The summed E-state index contributed by atoms with van der Waals surface area (Å²) >= 11 is 0. The molecule has 4 aromatic rings. The molecule has 3 N–H and O–H groups in total. The fourth-order valence-electron chi connectivity index (χ4n) is 4.87. The van der Waals surface area contributed by atoms with Crippen molar-refractivity contribution in [3.63, 3.8) is 0 Å². The Morgan fingerprint density at radius 3 is 2.77 bits per heavy atom. The molecule has 4 heterocycles. The SMILES string of the molecule is CNC(c1ncnc2nc[nH]c12)C1(c2cccc(-c3cnn(C)c3)c2)CCNCC1.